The van der Waals surface area contributed by atoms with Crippen LogP contribution in [-0.4, -0.2) is 28.9 Å². The Balaban J connectivity index is 1.62. The minimum absolute atomic E-state index is 0.0179. The molecule has 0 unspecified atom stereocenters. The van der Waals surface area contributed by atoms with Crippen LogP contribution in [0.5, 0.6) is 0 Å². The lowest BCUT2D eigenvalue weighted by Crippen LogP contribution is -2.42. The number of carbonyl (C=O) groups is 1. The zero-order valence-electron chi connectivity index (χ0n) is 11.3. The normalized spacial score (nSPS) is 17.8. The fraction of sp³-hybridized carbons (Fsp3) is 0.533. The van der Waals surface area contributed by atoms with Crippen LogP contribution in [0.15, 0.2) is 35.2 Å². The van der Waals surface area contributed by atoms with Gasteiger partial charge in [0.15, 0.2) is 0 Å². The minimum atomic E-state index is -0.734. The molecule has 0 bridgehead atoms. The van der Waals surface area contributed by atoms with Crippen molar-refractivity contribution in [3.05, 3.63) is 30.3 Å². The van der Waals surface area contributed by atoms with Gasteiger partial charge in [-0.15, -0.1) is 11.8 Å². The van der Waals surface area contributed by atoms with Crippen LogP contribution >= 0.6 is 11.8 Å². The van der Waals surface area contributed by atoms with E-state index in [1.807, 2.05) is 37.3 Å². The number of rotatable bonds is 7. The largest absolute Gasteiger partial charge is 0.388 e. The highest BCUT2D eigenvalue weighted by atomic mass is 32.2. The monoisotopic (exact) mass is 279 g/mol. The van der Waals surface area contributed by atoms with Crippen molar-refractivity contribution < 1.29 is 9.90 Å². The first-order valence-corrected chi connectivity index (χ1v) is 7.73. The van der Waals surface area contributed by atoms with Crippen molar-refractivity contribution in [2.75, 3.05) is 12.3 Å². The first kappa shape index (κ1) is 14.4. The molecule has 4 heteroatoms. The number of amides is 1. The average Bonchev–Trinajstić information content (AvgIpc) is 3.22. The van der Waals surface area contributed by atoms with Gasteiger partial charge in [0.1, 0.15) is 0 Å². The Kier molecular flexibility index (Phi) is 4.88. The summed E-state index contributed by atoms with van der Waals surface area (Å²) in [5, 5.41) is 12.9. The Bertz CT molecular complexity index is 415. The molecule has 104 valence electrons. The predicted molar refractivity (Wildman–Crippen MR) is 78.1 cm³/mol. The van der Waals surface area contributed by atoms with Gasteiger partial charge in [-0.05, 0) is 37.8 Å². The lowest BCUT2D eigenvalue weighted by molar-refractivity contribution is -0.122. The summed E-state index contributed by atoms with van der Waals surface area (Å²) in [7, 11) is 0. The van der Waals surface area contributed by atoms with E-state index in [9.17, 15) is 9.90 Å². The van der Waals surface area contributed by atoms with E-state index < -0.39 is 5.60 Å². The second kappa shape index (κ2) is 6.44. The maximum Gasteiger partial charge on any atom is 0.220 e. The van der Waals surface area contributed by atoms with Crippen LogP contribution in [0.4, 0.5) is 0 Å². The van der Waals surface area contributed by atoms with Gasteiger partial charge >= 0.3 is 0 Å². The molecular formula is C15H21NO2S. The molecule has 1 aromatic carbocycles. The van der Waals surface area contributed by atoms with E-state index in [4.69, 9.17) is 0 Å². The number of hydrogen-bond acceptors (Lipinski definition) is 3. The van der Waals surface area contributed by atoms with Gasteiger partial charge in [-0.25, -0.2) is 0 Å². The zero-order valence-corrected chi connectivity index (χ0v) is 12.1. The Morgan fingerprint density at radius 3 is 2.74 bits per heavy atom. The van der Waals surface area contributed by atoms with Crippen molar-refractivity contribution in [2.45, 2.75) is 36.7 Å². The molecule has 1 aromatic rings. The van der Waals surface area contributed by atoms with E-state index in [0.717, 1.165) is 18.6 Å². The molecule has 0 aromatic heterocycles. The van der Waals surface area contributed by atoms with Crippen molar-refractivity contribution in [2.24, 2.45) is 5.92 Å². The number of benzene rings is 1. The lowest BCUT2D eigenvalue weighted by Gasteiger charge is -2.23. The topological polar surface area (TPSA) is 49.3 Å². The van der Waals surface area contributed by atoms with Crippen molar-refractivity contribution >= 4 is 17.7 Å². The van der Waals surface area contributed by atoms with Gasteiger partial charge in [0.05, 0.1) is 5.60 Å². The van der Waals surface area contributed by atoms with Gasteiger partial charge in [0.2, 0.25) is 5.91 Å². The molecule has 1 amide bonds. The predicted octanol–water partition coefficient (Wildman–Crippen LogP) is 2.45. The van der Waals surface area contributed by atoms with E-state index >= 15 is 0 Å². The van der Waals surface area contributed by atoms with Crippen LogP contribution < -0.4 is 5.32 Å². The second-order valence-corrected chi connectivity index (χ2v) is 6.49. The zero-order chi connectivity index (χ0) is 13.7. The Labute approximate surface area is 118 Å². The minimum Gasteiger partial charge on any atom is -0.388 e. The van der Waals surface area contributed by atoms with Gasteiger partial charge in [-0.2, -0.15) is 0 Å². The van der Waals surface area contributed by atoms with E-state index in [-0.39, 0.29) is 5.91 Å². The quantitative estimate of drug-likeness (QED) is 0.754. The molecule has 2 N–H and O–H groups in total. The summed E-state index contributed by atoms with van der Waals surface area (Å²) in [6.45, 7) is 2.18. The van der Waals surface area contributed by atoms with Crippen molar-refractivity contribution in [1.29, 1.82) is 0 Å². The Morgan fingerprint density at radius 2 is 2.11 bits per heavy atom. The lowest BCUT2D eigenvalue weighted by atomic mass is 10.0. The summed E-state index contributed by atoms with van der Waals surface area (Å²) in [6, 6.07) is 10.1. The summed E-state index contributed by atoms with van der Waals surface area (Å²) in [5.74, 6) is 1.15. The number of nitrogens with one attached hydrogen (secondary N) is 1. The number of thioether (sulfide) groups is 1. The molecule has 1 saturated carbocycles. The first-order chi connectivity index (χ1) is 9.08. The third-order valence-corrected chi connectivity index (χ3v) is 4.46. The maximum absolute atomic E-state index is 11.7. The van der Waals surface area contributed by atoms with E-state index in [1.54, 1.807) is 11.8 Å². The molecule has 1 aliphatic rings. The third-order valence-electron chi connectivity index (χ3n) is 3.44. The molecule has 0 aliphatic heterocycles. The Morgan fingerprint density at radius 1 is 1.42 bits per heavy atom. The van der Waals surface area contributed by atoms with Gasteiger partial charge in [-0.3, -0.25) is 4.79 Å². The molecule has 0 spiro atoms. The van der Waals surface area contributed by atoms with Crippen molar-refractivity contribution in [3.63, 3.8) is 0 Å². The number of aliphatic hydroxyl groups is 1. The molecule has 1 fully saturated rings. The summed E-state index contributed by atoms with van der Waals surface area (Å²) < 4.78 is 0. The molecule has 3 nitrogen and oxygen atoms in total. The van der Waals surface area contributed by atoms with E-state index in [1.165, 1.54) is 4.90 Å². The van der Waals surface area contributed by atoms with Crippen molar-refractivity contribution in [3.8, 4) is 0 Å². The second-order valence-electron chi connectivity index (χ2n) is 5.32. The fourth-order valence-electron chi connectivity index (χ4n) is 1.99. The smallest absolute Gasteiger partial charge is 0.220 e. The SMILES string of the molecule is C[C@@](O)(CNC(=O)CCSc1ccccc1)C1CC1. The van der Waals surface area contributed by atoms with Crippen molar-refractivity contribution in [1.82, 2.24) is 5.32 Å². The maximum atomic E-state index is 11.7. The highest BCUT2D eigenvalue weighted by Crippen LogP contribution is 2.38. The molecule has 0 saturated heterocycles. The van der Waals surface area contributed by atoms with Crippen LogP contribution in [0, 0.1) is 5.92 Å². The highest BCUT2D eigenvalue weighted by Gasteiger charge is 2.39. The molecule has 19 heavy (non-hydrogen) atoms. The van der Waals surface area contributed by atoms with E-state index in [2.05, 4.69) is 5.32 Å². The summed E-state index contributed by atoms with van der Waals surface area (Å²) in [6.07, 6.45) is 2.64. The van der Waals surface area contributed by atoms with E-state index in [0.29, 0.717) is 18.9 Å². The molecule has 2 rings (SSSR count). The van der Waals surface area contributed by atoms with Crippen LogP contribution in [0.3, 0.4) is 0 Å². The summed E-state index contributed by atoms with van der Waals surface area (Å²) in [4.78, 5) is 12.9. The molecule has 0 radical (unpaired) electrons. The average molecular weight is 279 g/mol. The Hall–Kier alpha value is -1.00. The third kappa shape index (κ3) is 4.88. The van der Waals surface area contributed by atoms with Gasteiger partial charge in [-0.1, -0.05) is 18.2 Å². The molecule has 0 heterocycles. The van der Waals surface area contributed by atoms with Gasteiger partial charge < -0.3 is 10.4 Å². The van der Waals surface area contributed by atoms with Gasteiger partial charge in [0.25, 0.3) is 0 Å². The van der Waals surface area contributed by atoms with Crippen LogP contribution in [0.2, 0.25) is 0 Å². The standard InChI is InChI=1S/C15H21NO2S/c1-15(18,12-7-8-12)11-16-14(17)9-10-19-13-5-3-2-4-6-13/h2-6,12,18H,7-11H2,1H3,(H,16,17)/t15-/m1/s1. The molecule has 1 aliphatic carbocycles. The molecule has 1 atom stereocenters. The number of hydrogen-bond donors (Lipinski definition) is 2. The van der Waals surface area contributed by atoms with Crippen LogP contribution in [-0.2, 0) is 4.79 Å². The number of carbonyl (C=O) groups excluding carboxylic acids is 1. The van der Waals surface area contributed by atoms with Gasteiger partial charge in [0, 0.05) is 23.6 Å². The fourth-order valence-corrected chi connectivity index (χ4v) is 2.87. The summed E-state index contributed by atoms with van der Waals surface area (Å²) in [5.41, 5.74) is -0.734. The van der Waals surface area contributed by atoms with Crippen LogP contribution in [0.1, 0.15) is 26.2 Å². The summed E-state index contributed by atoms with van der Waals surface area (Å²) >= 11 is 1.68. The first-order valence-electron chi connectivity index (χ1n) is 6.75. The van der Waals surface area contributed by atoms with Crippen LogP contribution in [0.25, 0.3) is 0 Å². The highest BCUT2D eigenvalue weighted by molar-refractivity contribution is 7.99. The molecular weight excluding hydrogens is 258 g/mol.